The van der Waals surface area contributed by atoms with Crippen LogP contribution >= 0.6 is 0 Å². The quantitative estimate of drug-likeness (QED) is 0.859. The van der Waals surface area contributed by atoms with Gasteiger partial charge in [-0.1, -0.05) is 25.0 Å². The molecule has 1 saturated carbocycles. The maximum absolute atomic E-state index is 13.1. The van der Waals surface area contributed by atoms with Crippen molar-refractivity contribution in [1.82, 2.24) is 10.2 Å². The van der Waals surface area contributed by atoms with E-state index in [-0.39, 0.29) is 11.3 Å². The molecule has 1 N–H and O–H groups in total. The van der Waals surface area contributed by atoms with Gasteiger partial charge in [0.15, 0.2) is 0 Å². The van der Waals surface area contributed by atoms with Crippen LogP contribution in [0.2, 0.25) is 0 Å². The van der Waals surface area contributed by atoms with Gasteiger partial charge in [0, 0.05) is 25.7 Å². The van der Waals surface area contributed by atoms with Crippen LogP contribution < -0.4 is 10.1 Å². The summed E-state index contributed by atoms with van der Waals surface area (Å²) in [6.07, 6.45) is 4.07. The summed E-state index contributed by atoms with van der Waals surface area (Å²) in [5.74, 6) is 1.01. The van der Waals surface area contributed by atoms with Crippen molar-refractivity contribution in [1.29, 1.82) is 0 Å². The van der Waals surface area contributed by atoms with Crippen LogP contribution in [0.25, 0.3) is 0 Å². The summed E-state index contributed by atoms with van der Waals surface area (Å²) >= 11 is 0. The largest absolute Gasteiger partial charge is 0.497 e. The molecule has 25 heavy (non-hydrogen) atoms. The van der Waals surface area contributed by atoms with Gasteiger partial charge in [-0.25, -0.2) is 0 Å². The van der Waals surface area contributed by atoms with Crippen LogP contribution in [0.4, 0.5) is 0 Å². The molecule has 0 bridgehead atoms. The lowest BCUT2D eigenvalue weighted by atomic mass is 9.78. The Bertz CT molecular complexity index is 561. The topological polar surface area (TPSA) is 50.8 Å². The first kappa shape index (κ1) is 18.2. The Morgan fingerprint density at radius 2 is 1.88 bits per heavy atom. The summed E-state index contributed by atoms with van der Waals surface area (Å²) in [6.45, 7) is 6.33. The third kappa shape index (κ3) is 3.98. The molecule has 0 spiro atoms. The number of morpholine rings is 1. The molecular formula is C20H30N2O3. The lowest BCUT2D eigenvalue weighted by Crippen LogP contribution is -2.50. The molecule has 1 heterocycles. The fourth-order valence-corrected chi connectivity index (χ4v) is 4.09. The first-order valence-electron chi connectivity index (χ1n) is 9.40. The molecule has 0 aromatic heterocycles. The van der Waals surface area contributed by atoms with Gasteiger partial charge in [-0.15, -0.1) is 0 Å². The van der Waals surface area contributed by atoms with Crippen molar-refractivity contribution in [3.05, 3.63) is 29.8 Å². The van der Waals surface area contributed by atoms with Gasteiger partial charge in [-0.2, -0.15) is 0 Å². The molecule has 1 amide bonds. The molecule has 1 saturated heterocycles. The van der Waals surface area contributed by atoms with Gasteiger partial charge >= 0.3 is 0 Å². The summed E-state index contributed by atoms with van der Waals surface area (Å²) < 4.78 is 10.7. The second-order valence-electron chi connectivity index (χ2n) is 7.23. The van der Waals surface area contributed by atoms with E-state index in [0.717, 1.165) is 63.3 Å². The van der Waals surface area contributed by atoms with Crippen molar-refractivity contribution >= 4 is 5.91 Å². The van der Waals surface area contributed by atoms with E-state index >= 15 is 0 Å². The van der Waals surface area contributed by atoms with Crippen LogP contribution in [0, 0.1) is 0 Å². The van der Waals surface area contributed by atoms with Gasteiger partial charge in [-0.05, 0) is 37.5 Å². The standard InChI is InChI=1S/C20H30N2O3/c1-16(22-11-13-25-14-12-22)15-21-19(23)20(9-3-4-10-20)17-5-7-18(24-2)8-6-17/h5-8,16H,3-4,9-15H2,1-2H3,(H,21,23)/t16-/m1/s1. The van der Waals surface area contributed by atoms with Gasteiger partial charge in [0.1, 0.15) is 5.75 Å². The Morgan fingerprint density at radius 3 is 2.48 bits per heavy atom. The number of nitrogens with one attached hydrogen (secondary N) is 1. The second kappa shape index (κ2) is 8.19. The van der Waals surface area contributed by atoms with E-state index in [1.807, 2.05) is 12.1 Å². The smallest absolute Gasteiger partial charge is 0.230 e. The molecule has 1 atom stereocenters. The highest BCUT2D eigenvalue weighted by Crippen LogP contribution is 2.41. The van der Waals surface area contributed by atoms with Crippen molar-refractivity contribution in [2.75, 3.05) is 40.0 Å². The minimum Gasteiger partial charge on any atom is -0.497 e. The highest BCUT2D eigenvalue weighted by molar-refractivity contribution is 5.88. The number of carbonyl (C=O) groups excluding carboxylic acids is 1. The number of benzene rings is 1. The van der Waals surface area contributed by atoms with Gasteiger partial charge in [0.05, 0.1) is 25.7 Å². The zero-order chi connectivity index (χ0) is 17.7. The monoisotopic (exact) mass is 346 g/mol. The fraction of sp³-hybridized carbons (Fsp3) is 0.650. The zero-order valence-corrected chi connectivity index (χ0v) is 15.4. The number of ether oxygens (including phenoxy) is 2. The highest BCUT2D eigenvalue weighted by atomic mass is 16.5. The Labute approximate surface area is 150 Å². The number of hydrogen-bond acceptors (Lipinski definition) is 4. The minimum atomic E-state index is -0.378. The number of rotatable bonds is 6. The fourth-order valence-electron chi connectivity index (χ4n) is 4.09. The van der Waals surface area contributed by atoms with E-state index in [9.17, 15) is 4.79 Å². The predicted molar refractivity (Wildman–Crippen MR) is 98.0 cm³/mol. The van der Waals surface area contributed by atoms with E-state index in [2.05, 4.69) is 29.3 Å². The molecule has 5 heteroatoms. The molecule has 0 unspecified atom stereocenters. The SMILES string of the molecule is COc1ccc(C2(C(=O)NC[C@@H](C)N3CCOCC3)CCCC2)cc1. The third-order valence-electron chi connectivity index (χ3n) is 5.76. The molecule has 2 aliphatic rings. The summed E-state index contributed by atoms with van der Waals surface area (Å²) in [4.78, 5) is 15.5. The molecule has 1 aromatic rings. The third-order valence-corrected chi connectivity index (χ3v) is 5.76. The Balaban J connectivity index is 1.66. The molecular weight excluding hydrogens is 316 g/mol. The van der Waals surface area contributed by atoms with Crippen molar-refractivity contribution in [2.24, 2.45) is 0 Å². The second-order valence-corrected chi connectivity index (χ2v) is 7.23. The zero-order valence-electron chi connectivity index (χ0n) is 15.4. The van der Waals surface area contributed by atoms with Crippen molar-refractivity contribution in [3.8, 4) is 5.75 Å². The summed E-state index contributed by atoms with van der Waals surface area (Å²) in [7, 11) is 1.67. The van der Waals surface area contributed by atoms with Crippen molar-refractivity contribution in [3.63, 3.8) is 0 Å². The maximum Gasteiger partial charge on any atom is 0.230 e. The molecule has 2 fully saturated rings. The van der Waals surface area contributed by atoms with Crippen LogP contribution in [0.5, 0.6) is 5.75 Å². The maximum atomic E-state index is 13.1. The Morgan fingerprint density at radius 1 is 1.24 bits per heavy atom. The lowest BCUT2D eigenvalue weighted by Gasteiger charge is -2.34. The van der Waals surface area contributed by atoms with Crippen LogP contribution in [-0.2, 0) is 14.9 Å². The van der Waals surface area contributed by atoms with Crippen LogP contribution in [0.3, 0.4) is 0 Å². The van der Waals surface area contributed by atoms with E-state index in [4.69, 9.17) is 9.47 Å². The summed E-state index contributed by atoms with van der Waals surface area (Å²) in [5.41, 5.74) is 0.735. The molecule has 138 valence electrons. The average molecular weight is 346 g/mol. The number of amides is 1. The van der Waals surface area contributed by atoms with Gasteiger partial charge in [-0.3, -0.25) is 9.69 Å². The van der Waals surface area contributed by atoms with Crippen LogP contribution in [0.15, 0.2) is 24.3 Å². The van der Waals surface area contributed by atoms with E-state index in [1.165, 1.54) is 0 Å². The van der Waals surface area contributed by atoms with Crippen molar-refractivity contribution in [2.45, 2.75) is 44.1 Å². The van der Waals surface area contributed by atoms with Crippen LogP contribution in [-0.4, -0.2) is 56.8 Å². The minimum absolute atomic E-state index is 0.176. The molecule has 1 aromatic carbocycles. The van der Waals surface area contributed by atoms with Gasteiger partial charge in [0.2, 0.25) is 5.91 Å². The number of methoxy groups -OCH3 is 1. The first-order valence-corrected chi connectivity index (χ1v) is 9.40. The average Bonchev–Trinajstić information content (AvgIpc) is 3.17. The molecule has 1 aliphatic carbocycles. The van der Waals surface area contributed by atoms with E-state index in [1.54, 1.807) is 7.11 Å². The van der Waals surface area contributed by atoms with Gasteiger partial charge < -0.3 is 14.8 Å². The first-order chi connectivity index (χ1) is 12.2. The molecule has 1 aliphatic heterocycles. The normalized spacial score (nSPS) is 21.7. The van der Waals surface area contributed by atoms with E-state index in [0.29, 0.717) is 12.6 Å². The number of hydrogen-bond donors (Lipinski definition) is 1. The predicted octanol–water partition coefficient (Wildman–Crippen LogP) is 2.34. The molecule has 5 nitrogen and oxygen atoms in total. The lowest BCUT2D eigenvalue weighted by molar-refractivity contribution is -0.127. The number of carbonyl (C=O) groups is 1. The van der Waals surface area contributed by atoms with Crippen LogP contribution in [0.1, 0.15) is 38.2 Å². The molecule has 0 radical (unpaired) electrons. The highest BCUT2D eigenvalue weighted by Gasteiger charge is 2.42. The van der Waals surface area contributed by atoms with E-state index < -0.39 is 0 Å². The Kier molecular flexibility index (Phi) is 5.97. The van der Waals surface area contributed by atoms with Gasteiger partial charge in [0.25, 0.3) is 0 Å². The molecule has 3 rings (SSSR count). The number of nitrogens with zero attached hydrogens (tertiary/aromatic N) is 1. The Hall–Kier alpha value is -1.59. The summed E-state index contributed by atoms with van der Waals surface area (Å²) in [6, 6.07) is 8.35. The summed E-state index contributed by atoms with van der Waals surface area (Å²) in [5, 5.41) is 3.24. The van der Waals surface area contributed by atoms with Crippen molar-refractivity contribution < 1.29 is 14.3 Å².